The summed E-state index contributed by atoms with van der Waals surface area (Å²) in [6.45, 7) is 4.23. The fraction of sp³-hybridized carbons (Fsp3) is 0.323. The van der Waals surface area contributed by atoms with Crippen LogP contribution in [0.4, 0.5) is 5.69 Å². The summed E-state index contributed by atoms with van der Waals surface area (Å²) in [5, 5.41) is 11.4. The lowest BCUT2D eigenvalue weighted by Gasteiger charge is -2.20. The number of anilines is 1. The van der Waals surface area contributed by atoms with Gasteiger partial charge in [-0.15, -0.1) is 0 Å². The molecule has 1 aromatic carbocycles. The van der Waals surface area contributed by atoms with E-state index >= 15 is 0 Å². The molecule has 2 atom stereocenters. The number of aromatic nitrogens is 3. The minimum atomic E-state index is -3.88. The zero-order valence-electron chi connectivity index (χ0n) is 23.9. The molecule has 12 heteroatoms. The van der Waals surface area contributed by atoms with Crippen molar-refractivity contribution in [3.8, 4) is 0 Å². The summed E-state index contributed by atoms with van der Waals surface area (Å²) < 4.78 is 30.3. The van der Waals surface area contributed by atoms with E-state index in [2.05, 4.69) is 30.6 Å². The Labute approximate surface area is 256 Å². The quantitative estimate of drug-likeness (QED) is 0.197. The third kappa shape index (κ3) is 6.36. The van der Waals surface area contributed by atoms with Gasteiger partial charge in [-0.05, 0) is 84.9 Å². The van der Waals surface area contributed by atoms with Gasteiger partial charge in [0.15, 0.2) is 5.11 Å². The molecule has 1 fully saturated rings. The van der Waals surface area contributed by atoms with E-state index < -0.39 is 16.1 Å². The molecule has 6 rings (SSSR count). The zero-order valence-corrected chi connectivity index (χ0v) is 25.5. The molecule has 0 saturated heterocycles. The summed E-state index contributed by atoms with van der Waals surface area (Å²) >= 11 is 5.67. The molecule has 2 aliphatic carbocycles. The van der Waals surface area contributed by atoms with E-state index in [1.54, 1.807) is 43.0 Å². The molecule has 3 aromatic heterocycles. The number of pyridine rings is 3. The number of thiocarbonyl (C=S) groups is 1. The van der Waals surface area contributed by atoms with Gasteiger partial charge < -0.3 is 16.0 Å². The number of benzene rings is 1. The second kappa shape index (κ2) is 11.9. The van der Waals surface area contributed by atoms with Crippen LogP contribution in [0.2, 0.25) is 0 Å². The molecular formula is C31H33N7O3S2. The van der Waals surface area contributed by atoms with Crippen LogP contribution in [-0.4, -0.2) is 40.9 Å². The van der Waals surface area contributed by atoms with Gasteiger partial charge in [-0.2, -0.15) is 0 Å². The topological polar surface area (TPSA) is 138 Å². The first-order valence-corrected chi connectivity index (χ1v) is 16.2. The Kier molecular flexibility index (Phi) is 8.08. The predicted molar refractivity (Wildman–Crippen MR) is 169 cm³/mol. The molecular weight excluding hydrogens is 583 g/mol. The molecule has 0 spiro atoms. The number of carbonyl (C=O) groups is 1. The van der Waals surface area contributed by atoms with Gasteiger partial charge in [-0.1, -0.05) is 13.8 Å². The molecule has 0 aliphatic heterocycles. The summed E-state index contributed by atoms with van der Waals surface area (Å²) in [7, 11) is -3.88. The Bertz CT molecular complexity index is 1780. The maximum atomic E-state index is 13.8. The maximum absolute atomic E-state index is 13.8. The van der Waals surface area contributed by atoms with E-state index in [4.69, 9.17) is 17.2 Å². The average Bonchev–Trinajstić information content (AvgIpc) is 3.80. The standard InChI is InChI=1S/C31H33N7O3S2/c1-18(2)14-35-43(40,41)28-12-23-26(37-30(39)20-5-3-9-32-15-20)13-27(38-31(42)36-21-6-4-10-33-16-21)29(23)24-17-34-25(11-22(24)28)19-7-8-19/h3-6,9-12,15-19,26-27,35H,7-8,13-14H2,1-2H3,(H,37,39)(H2,36,38,42). The Morgan fingerprint density at radius 2 is 1.77 bits per heavy atom. The number of hydrogen-bond donors (Lipinski definition) is 4. The first-order chi connectivity index (χ1) is 20.7. The van der Waals surface area contributed by atoms with E-state index in [-0.39, 0.29) is 22.8 Å². The van der Waals surface area contributed by atoms with Gasteiger partial charge in [-0.3, -0.25) is 19.7 Å². The van der Waals surface area contributed by atoms with Crippen molar-refractivity contribution in [2.24, 2.45) is 5.92 Å². The number of amides is 1. The molecule has 3 heterocycles. The maximum Gasteiger partial charge on any atom is 0.253 e. The normalized spacial score (nSPS) is 17.9. The summed E-state index contributed by atoms with van der Waals surface area (Å²) in [5.41, 5.74) is 3.61. The lowest BCUT2D eigenvalue weighted by atomic mass is 9.98. The van der Waals surface area contributed by atoms with Crippen molar-refractivity contribution >= 4 is 49.7 Å². The van der Waals surface area contributed by atoms with Crippen molar-refractivity contribution in [1.29, 1.82) is 0 Å². The fourth-order valence-corrected chi connectivity index (χ4v) is 7.16. The van der Waals surface area contributed by atoms with Gasteiger partial charge in [-0.25, -0.2) is 13.1 Å². The number of nitrogens with zero attached hydrogens (tertiary/aromatic N) is 3. The first-order valence-electron chi connectivity index (χ1n) is 14.3. The van der Waals surface area contributed by atoms with Gasteiger partial charge in [0.1, 0.15) is 0 Å². The van der Waals surface area contributed by atoms with Crippen LogP contribution in [0.25, 0.3) is 10.8 Å². The summed E-state index contributed by atoms with van der Waals surface area (Å²) in [6.07, 6.45) is 10.8. The number of fused-ring (bicyclic) bond motifs is 3. The fourth-order valence-electron chi connectivity index (χ4n) is 5.45. The first kappa shape index (κ1) is 29.1. The number of hydrogen-bond acceptors (Lipinski definition) is 7. The molecule has 10 nitrogen and oxygen atoms in total. The van der Waals surface area contributed by atoms with E-state index in [0.29, 0.717) is 45.9 Å². The third-order valence-corrected chi connectivity index (χ3v) is 9.38. The largest absolute Gasteiger partial charge is 0.356 e. The molecule has 43 heavy (non-hydrogen) atoms. The van der Waals surface area contributed by atoms with Crippen molar-refractivity contribution in [2.45, 2.75) is 56.0 Å². The van der Waals surface area contributed by atoms with Crippen LogP contribution in [0.15, 0.2) is 72.3 Å². The average molecular weight is 616 g/mol. The highest BCUT2D eigenvalue weighted by molar-refractivity contribution is 7.89. The molecule has 1 saturated carbocycles. The number of carbonyl (C=O) groups excluding carboxylic acids is 1. The second-order valence-electron chi connectivity index (χ2n) is 11.4. The number of rotatable bonds is 9. The van der Waals surface area contributed by atoms with E-state index in [1.165, 1.54) is 6.20 Å². The van der Waals surface area contributed by atoms with Crippen molar-refractivity contribution in [3.63, 3.8) is 0 Å². The van der Waals surface area contributed by atoms with Gasteiger partial charge in [0.2, 0.25) is 10.0 Å². The molecule has 2 aliphatic rings. The second-order valence-corrected chi connectivity index (χ2v) is 13.6. The molecule has 0 radical (unpaired) electrons. The SMILES string of the molecule is CC(C)CNS(=O)(=O)c1cc2c(c3cnc(C4CC4)cc13)C(NC(=S)Nc1cccnc1)CC2NC(=O)c1cccnc1. The lowest BCUT2D eigenvalue weighted by Crippen LogP contribution is -2.32. The van der Waals surface area contributed by atoms with E-state index in [9.17, 15) is 13.2 Å². The molecule has 0 bridgehead atoms. The predicted octanol–water partition coefficient (Wildman–Crippen LogP) is 4.74. The molecule has 1 amide bonds. The van der Waals surface area contributed by atoms with Gasteiger partial charge in [0, 0.05) is 53.7 Å². The van der Waals surface area contributed by atoms with E-state index in [1.807, 2.05) is 32.0 Å². The molecule has 222 valence electrons. The number of nitrogens with one attached hydrogen (secondary N) is 4. The number of sulfonamides is 1. The summed E-state index contributed by atoms with van der Waals surface area (Å²) in [6, 6.07) is 9.87. The zero-order chi connectivity index (χ0) is 30.1. The van der Waals surface area contributed by atoms with Gasteiger partial charge >= 0.3 is 0 Å². The lowest BCUT2D eigenvalue weighted by molar-refractivity contribution is 0.0935. The van der Waals surface area contributed by atoms with Crippen LogP contribution in [0.5, 0.6) is 0 Å². The monoisotopic (exact) mass is 615 g/mol. The van der Waals surface area contributed by atoms with Gasteiger partial charge in [0.25, 0.3) is 5.91 Å². The highest BCUT2D eigenvalue weighted by Gasteiger charge is 2.37. The van der Waals surface area contributed by atoms with Crippen LogP contribution in [0, 0.1) is 5.92 Å². The Morgan fingerprint density at radius 1 is 1.00 bits per heavy atom. The third-order valence-electron chi connectivity index (χ3n) is 7.69. The Balaban J connectivity index is 1.45. The smallest absolute Gasteiger partial charge is 0.253 e. The minimum absolute atomic E-state index is 0.132. The van der Waals surface area contributed by atoms with Crippen LogP contribution >= 0.6 is 12.2 Å². The molecule has 2 unspecified atom stereocenters. The van der Waals surface area contributed by atoms with Crippen LogP contribution in [-0.2, 0) is 10.0 Å². The van der Waals surface area contributed by atoms with Gasteiger partial charge in [0.05, 0.1) is 34.4 Å². The van der Waals surface area contributed by atoms with Crippen LogP contribution in [0.1, 0.15) is 78.3 Å². The minimum Gasteiger partial charge on any atom is -0.356 e. The Hall–Kier alpha value is -4.00. The highest BCUT2D eigenvalue weighted by atomic mass is 32.2. The van der Waals surface area contributed by atoms with Crippen molar-refractivity contribution in [1.82, 2.24) is 30.3 Å². The molecule has 4 N–H and O–H groups in total. The highest BCUT2D eigenvalue weighted by Crippen LogP contribution is 2.47. The van der Waals surface area contributed by atoms with Crippen molar-refractivity contribution in [2.75, 3.05) is 11.9 Å². The van der Waals surface area contributed by atoms with E-state index in [0.717, 1.165) is 29.8 Å². The van der Waals surface area contributed by atoms with Crippen molar-refractivity contribution in [3.05, 3.63) is 89.8 Å². The summed E-state index contributed by atoms with van der Waals surface area (Å²) in [4.78, 5) is 26.4. The van der Waals surface area contributed by atoms with Crippen molar-refractivity contribution < 1.29 is 13.2 Å². The van der Waals surface area contributed by atoms with Crippen LogP contribution in [0.3, 0.4) is 0 Å². The Morgan fingerprint density at radius 3 is 2.44 bits per heavy atom. The van der Waals surface area contributed by atoms with Crippen LogP contribution < -0.4 is 20.7 Å². The molecule has 4 aromatic rings. The summed E-state index contributed by atoms with van der Waals surface area (Å²) in [5.74, 6) is 0.173.